The number of aliphatic hydroxyl groups is 1. The summed E-state index contributed by atoms with van der Waals surface area (Å²) in [5.41, 5.74) is -0.654. The monoisotopic (exact) mass is 296 g/mol. The van der Waals surface area contributed by atoms with Crippen LogP contribution >= 0.6 is 0 Å². The van der Waals surface area contributed by atoms with Gasteiger partial charge in [0.25, 0.3) is 0 Å². The number of hydrogen-bond acceptors (Lipinski definition) is 6. The van der Waals surface area contributed by atoms with Gasteiger partial charge in [0, 0.05) is 32.7 Å². The fourth-order valence-electron chi connectivity index (χ4n) is 2.55. The highest BCUT2D eigenvalue weighted by atomic mass is 16.5. The van der Waals surface area contributed by atoms with E-state index in [-0.39, 0.29) is 5.76 Å². The third-order valence-electron chi connectivity index (χ3n) is 3.50. The van der Waals surface area contributed by atoms with E-state index < -0.39 is 11.6 Å². The second-order valence-corrected chi connectivity index (χ2v) is 6.12. The molecule has 1 fully saturated rings. The standard InChI is InChI=1S/C15H24N2O4/c1-15(2,19)11-17-8-6-16(7-9-17)10-12-4-5-13(21-12)14(18)20-3/h4-5,19H,6-11H2,1-3H3. The van der Waals surface area contributed by atoms with Crippen LogP contribution in [-0.4, -0.2) is 66.3 Å². The molecule has 118 valence electrons. The van der Waals surface area contributed by atoms with E-state index in [0.717, 1.165) is 31.9 Å². The summed E-state index contributed by atoms with van der Waals surface area (Å²) in [6, 6.07) is 3.46. The fraction of sp³-hybridized carbons (Fsp3) is 0.667. The lowest BCUT2D eigenvalue weighted by atomic mass is 10.1. The summed E-state index contributed by atoms with van der Waals surface area (Å²) < 4.78 is 10.1. The minimum atomic E-state index is -0.654. The molecule has 21 heavy (non-hydrogen) atoms. The van der Waals surface area contributed by atoms with E-state index in [1.807, 2.05) is 19.9 Å². The zero-order chi connectivity index (χ0) is 15.5. The maximum atomic E-state index is 11.3. The molecule has 0 aliphatic carbocycles. The summed E-state index contributed by atoms with van der Waals surface area (Å²) in [5.74, 6) is 0.566. The van der Waals surface area contributed by atoms with Crippen LogP contribution in [0.5, 0.6) is 0 Å². The topological polar surface area (TPSA) is 66.2 Å². The Bertz CT molecular complexity index is 470. The lowest BCUT2D eigenvalue weighted by molar-refractivity contribution is 0.0157. The van der Waals surface area contributed by atoms with Gasteiger partial charge in [-0.25, -0.2) is 4.79 Å². The van der Waals surface area contributed by atoms with E-state index in [2.05, 4.69) is 14.5 Å². The molecule has 1 aliphatic heterocycles. The number of carbonyl (C=O) groups excluding carboxylic acids is 1. The molecule has 1 saturated heterocycles. The maximum absolute atomic E-state index is 11.3. The lowest BCUT2D eigenvalue weighted by Crippen LogP contribution is -2.50. The molecule has 2 rings (SSSR count). The summed E-state index contributed by atoms with van der Waals surface area (Å²) in [4.78, 5) is 15.9. The molecule has 0 unspecified atom stereocenters. The molecule has 6 heteroatoms. The number of nitrogens with zero attached hydrogens (tertiary/aromatic N) is 2. The number of carbonyl (C=O) groups is 1. The van der Waals surface area contributed by atoms with Crippen molar-refractivity contribution in [3.05, 3.63) is 23.7 Å². The van der Waals surface area contributed by atoms with Crippen LogP contribution in [0.3, 0.4) is 0 Å². The Labute approximate surface area is 125 Å². The van der Waals surface area contributed by atoms with Gasteiger partial charge in [-0.1, -0.05) is 0 Å². The number of methoxy groups -OCH3 is 1. The first kappa shape index (κ1) is 16.0. The van der Waals surface area contributed by atoms with E-state index in [4.69, 9.17) is 4.42 Å². The largest absolute Gasteiger partial charge is 0.463 e. The van der Waals surface area contributed by atoms with Crippen molar-refractivity contribution < 1.29 is 19.1 Å². The SMILES string of the molecule is COC(=O)c1ccc(CN2CCN(CC(C)(C)O)CC2)o1. The first-order valence-electron chi connectivity index (χ1n) is 7.21. The predicted octanol–water partition coefficient (Wildman–Crippen LogP) is 0.955. The van der Waals surface area contributed by atoms with Gasteiger partial charge < -0.3 is 14.3 Å². The predicted molar refractivity (Wildman–Crippen MR) is 78.1 cm³/mol. The van der Waals surface area contributed by atoms with Gasteiger partial charge in [-0.15, -0.1) is 0 Å². The molecular weight excluding hydrogens is 272 g/mol. The molecule has 0 amide bonds. The molecule has 2 heterocycles. The Kier molecular flexibility index (Phi) is 5.03. The van der Waals surface area contributed by atoms with Gasteiger partial charge >= 0.3 is 5.97 Å². The molecule has 1 aliphatic rings. The third kappa shape index (κ3) is 4.84. The number of rotatable bonds is 5. The molecule has 0 spiro atoms. The van der Waals surface area contributed by atoms with Crippen LogP contribution in [0, 0.1) is 0 Å². The van der Waals surface area contributed by atoms with Gasteiger partial charge in [-0.05, 0) is 26.0 Å². The molecule has 0 bridgehead atoms. The van der Waals surface area contributed by atoms with Crippen molar-refractivity contribution in [2.45, 2.75) is 26.0 Å². The summed E-state index contributed by atoms with van der Waals surface area (Å²) in [6.07, 6.45) is 0. The average Bonchev–Trinajstić information content (AvgIpc) is 2.87. The second kappa shape index (κ2) is 6.60. The van der Waals surface area contributed by atoms with E-state index >= 15 is 0 Å². The Morgan fingerprint density at radius 2 is 1.90 bits per heavy atom. The van der Waals surface area contributed by atoms with Gasteiger partial charge in [0.1, 0.15) is 5.76 Å². The van der Waals surface area contributed by atoms with Gasteiger partial charge in [-0.3, -0.25) is 9.80 Å². The summed E-state index contributed by atoms with van der Waals surface area (Å²) in [5, 5.41) is 9.84. The molecule has 0 aromatic carbocycles. The summed E-state index contributed by atoms with van der Waals surface area (Å²) >= 11 is 0. The lowest BCUT2D eigenvalue weighted by Gasteiger charge is -2.36. The molecule has 1 N–H and O–H groups in total. The maximum Gasteiger partial charge on any atom is 0.373 e. The number of ether oxygens (including phenoxy) is 1. The second-order valence-electron chi connectivity index (χ2n) is 6.12. The van der Waals surface area contributed by atoms with Crippen LogP contribution in [0.25, 0.3) is 0 Å². The van der Waals surface area contributed by atoms with Crippen LogP contribution in [0.15, 0.2) is 16.5 Å². The van der Waals surface area contributed by atoms with Crippen LogP contribution in [0.1, 0.15) is 30.2 Å². The smallest absolute Gasteiger partial charge is 0.373 e. The highest BCUT2D eigenvalue weighted by molar-refractivity contribution is 5.86. The van der Waals surface area contributed by atoms with Gasteiger partial charge in [0.15, 0.2) is 0 Å². The quantitative estimate of drug-likeness (QED) is 0.816. The van der Waals surface area contributed by atoms with Gasteiger partial charge in [0.05, 0.1) is 19.3 Å². The Balaban J connectivity index is 1.81. The van der Waals surface area contributed by atoms with Crippen LogP contribution in [0.4, 0.5) is 0 Å². The fourth-order valence-corrected chi connectivity index (χ4v) is 2.55. The van der Waals surface area contributed by atoms with Gasteiger partial charge in [-0.2, -0.15) is 0 Å². The number of esters is 1. The molecule has 6 nitrogen and oxygen atoms in total. The number of β-amino-alcohol motifs (C(OH)–C–C–N with tert-alkyl or cyclic N) is 1. The highest BCUT2D eigenvalue weighted by Gasteiger charge is 2.23. The molecule has 1 aromatic heterocycles. The van der Waals surface area contributed by atoms with Crippen molar-refractivity contribution in [3.8, 4) is 0 Å². The van der Waals surface area contributed by atoms with Gasteiger partial charge in [0.2, 0.25) is 5.76 Å². The van der Waals surface area contributed by atoms with Crippen molar-refractivity contribution in [1.29, 1.82) is 0 Å². The van der Waals surface area contributed by atoms with Crippen molar-refractivity contribution in [2.24, 2.45) is 0 Å². The number of furan rings is 1. The number of hydrogen-bond donors (Lipinski definition) is 1. The van der Waals surface area contributed by atoms with E-state index in [1.165, 1.54) is 7.11 Å². The van der Waals surface area contributed by atoms with Crippen LogP contribution in [0.2, 0.25) is 0 Å². The van der Waals surface area contributed by atoms with E-state index in [0.29, 0.717) is 13.1 Å². The Hall–Kier alpha value is -1.37. The van der Waals surface area contributed by atoms with E-state index in [9.17, 15) is 9.90 Å². The molecule has 1 aromatic rings. The van der Waals surface area contributed by atoms with E-state index in [1.54, 1.807) is 6.07 Å². The summed E-state index contributed by atoms with van der Waals surface area (Å²) in [6.45, 7) is 8.73. The normalized spacial score (nSPS) is 17.9. The van der Waals surface area contributed by atoms with Crippen molar-refractivity contribution in [2.75, 3.05) is 39.8 Å². The van der Waals surface area contributed by atoms with Crippen LogP contribution < -0.4 is 0 Å². The summed E-state index contributed by atoms with van der Waals surface area (Å²) in [7, 11) is 1.34. The minimum absolute atomic E-state index is 0.244. The average molecular weight is 296 g/mol. The Morgan fingerprint density at radius 3 is 2.48 bits per heavy atom. The third-order valence-corrected chi connectivity index (χ3v) is 3.50. The molecule has 0 saturated carbocycles. The molecular formula is C15H24N2O4. The number of piperazine rings is 1. The zero-order valence-corrected chi connectivity index (χ0v) is 13.0. The highest BCUT2D eigenvalue weighted by Crippen LogP contribution is 2.14. The molecule has 0 radical (unpaired) electrons. The molecule has 0 atom stereocenters. The first-order valence-corrected chi connectivity index (χ1v) is 7.21. The van der Waals surface area contributed by atoms with Crippen LogP contribution in [-0.2, 0) is 11.3 Å². The first-order chi connectivity index (χ1) is 9.87. The minimum Gasteiger partial charge on any atom is -0.463 e. The zero-order valence-electron chi connectivity index (χ0n) is 13.0. The Morgan fingerprint density at radius 1 is 1.29 bits per heavy atom. The van der Waals surface area contributed by atoms with Crippen molar-refractivity contribution >= 4 is 5.97 Å². The van der Waals surface area contributed by atoms with Crippen molar-refractivity contribution in [3.63, 3.8) is 0 Å². The van der Waals surface area contributed by atoms with Crippen molar-refractivity contribution in [1.82, 2.24) is 9.80 Å².